The van der Waals surface area contributed by atoms with Crippen LogP contribution in [-0.2, 0) is 19.7 Å². The first kappa shape index (κ1) is 30.9. The van der Waals surface area contributed by atoms with Crippen molar-refractivity contribution in [1.29, 1.82) is 0 Å². The van der Waals surface area contributed by atoms with Gasteiger partial charge in [-0.3, -0.25) is 14.1 Å². The molecule has 0 amide bonds. The number of hydrogen-bond donors (Lipinski definition) is 3. The van der Waals surface area contributed by atoms with Crippen molar-refractivity contribution in [3.8, 4) is 0 Å². The Morgan fingerprint density at radius 1 is 0.750 bits per heavy atom. The summed E-state index contributed by atoms with van der Waals surface area (Å²) in [7, 11) is -5.13. The molecule has 3 unspecified atom stereocenters. The highest BCUT2D eigenvalue weighted by atomic mass is 32.2. The highest BCUT2D eigenvalue weighted by Gasteiger charge is 2.57. The van der Waals surface area contributed by atoms with Crippen molar-refractivity contribution in [1.82, 2.24) is 0 Å². The summed E-state index contributed by atoms with van der Waals surface area (Å²) in [6.45, 7) is 12.2. The summed E-state index contributed by atoms with van der Waals surface area (Å²) < 4.78 is 34.4. The Bertz CT molecular complexity index is 646. The van der Waals surface area contributed by atoms with E-state index in [1.165, 1.54) is 0 Å². The molecule has 0 aliphatic carbocycles. The van der Waals surface area contributed by atoms with Gasteiger partial charge in [-0.25, -0.2) is 0 Å². The Balaban J connectivity index is 6.50. The Kier molecular flexibility index (Phi) is 13.7. The average molecular weight is 479 g/mol. The molecule has 0 spiro atoms. The third-order valence-corrected chi connectivity index (χ3v) is 7.70. The van der Waals surface area contributed by atoms with Gasteiger partial charge in [-0.05, 0) is 36.5 Å². The Hall–Kier alpha value is -1.15. The molecule has 0 aromatic rings. The molecule has 0 fully saturated rings. The zero-order valence-electron chi connectivity index (χ0n) is 20.8. The summed E-state index contributed by atoms with van der Waals surface area (Å²) in [6.07, 6.45) is 5.88. The quantitative estimate of drug-likeness (QED) is 0.210. The first-order valence-electron chi connectivity index (χ1n) is 12.1. The molecular weight excluding hydrogens is 432 g/mol. The van der Waals surface area contributed by atoms with Gasteiger partial charge in [-0.2, -0.15) is 8.42 Å². The lowest BCUT2D eigenvalue weighted by molar-refractivity contribution is -0.158. The first-order valence-corrected chi connectivity index (χ1v) is 13.6. The van der Waals surface area contributed by atoms with E-state index < -0.39 is 32.7 Å². The third-order valence-electron chi connectivity index (χ3n) is 6.45. The molecule has 0 aromatic carbocycles. The van der Waals surface area contributed by atoms with Crippen molar-refractivity contribution in [2.24, 2.45) is 29.1 Å². The van der Waals surface area contributed by atoms with Gasteiger partial charge in [0.2, 0.25) is 0 Å². The maximum atomic E-state index is 12.7. The summed E-state index contributed by atoms with van der Waals surface area (Å²) in [4.78, 5) is 24.8. The van der Waals surface area contributed by atoms with Crippen LogP contribution in [0.4, 0.5) is 0 Å². The van der Waals surface area contributed by atoms with E-state index >= 15 is 0 Å². The van der Waals surface area contributed by atoms with Gasteiger partial charge < -0.3 is 10.2 Å². The van der Waals surface area contributed by atoms with Gasteiger partial charge in [0.25, 0.3) is 10.1 Å². The van der Waals surface area contributed by atoms with Gasteiger partial charge in [0, 0.05) is 0 Å². The number of carboxylic acids is 2. The van der Waals surface area contributed by atoms with Crippen LogP contribution < -0.4 is 0 Å². The van der Waals surface area contributed by atoms with Crippen molar-refractivity contribution in [3.63, 3.8) is 0 Å². The van der Waals surface area contributed by atoms with Crippen molar-refractivity contribution >= 4 is 22.1 Å². The van der Waals surface area contributed by atoms with Crippen LogP contribution in [-0.4, -0.2) is 40.4 Å². The van der Waals surface area contributed by atoms with Crippen molar-refractivity contribution in [2.45, 2.75) is 111 Å². The number of carboxylic acid groups (broad SMARTS) is 2. The first-order chi connectivity index (χ1) is 14.7. The Morgan fingerprint density at radius 3 is 1.34 bits per heavy atom. The van der Waals surface area contributed by atoms with Crippen molar-refractivity contribution in [2.75, 3.05) is 0 Å². The number of carbonyl (C=O) groups is 2. The van der Waals surface area contributed by atoms with Crippen LogP contribution in [0.25, 0.3) is 0 Å². The lowest BCUT2D eigenvalue weighted by Crippen LogP contribution is -2.53. The normalized spacial score (nSPS) is 17.2. The molecular formula is C24H46O7S. The van der Waals surface area contributed by atoms with Crippen LogP contribution in [0.2, 0.25) is 0 Å². The molecule has 3 atom stereocenters. The van der Waals surface area contributed by atoms with E-state index in [4.69, 9.17) is 0 Å². The van der Waals surface area contributed by atoms with Gasteiger partial charge in [0.1, 0.15) is 0 Å². The molecule has 7 nitrogen and oxygen atoms in total. The zero-order chi connectivity index (χ0) is 25.1. The molecule has 0 aliphatic rings. The zero-order valence-corrected chi connectivity index (χ0v) is 21.7. The fraction of sp³-hybridized carbons (Fsp3) is 0.917. The predicted octanol–water partition coefficient (Wildman–Crippen LogP) is 5.88. The Labute approximate surface area is 195 Å². The fourth-order valence-corrected chi connectivity index (χ4v) is 6.03. The van der Waals surface area contributed by atoms with Crippen molar-refractivity contribution < 1.29 is 32.8 Å². The highest BCUT2D eigenvalue weighted by molar-refractivity contribution is 7.87. The monoisotopic (exact) mass is 478 g/mol. The lowest BCUT2D eigenvalue weighted by Gasteiger charge is -2.39. The highest BCUT2D eigenvalue weighted by Crippen LogP contribution is 2.45. The molecule has 0 aliphatic heterocycles. The van der Waals surface area contributed by atoms with Gasteiger partial charge >= 0.3 is 11.9 Å². The average Bonchev–Trinajstić information content (AvgIpc) is 2.62. The standard InChI is InChI=1S/C24H46O7S/c1-7-9-19(13-11-17(3)4)15-24(23(27)28,21(22(25)26)32(29,30)31)16-20(10-8-2)14-12-18(5)6/h17-21H,7-16H2,1-6H3,(H,25,26)(H,27,28)(H,29,30,31). The van der Waals surface area contributed by atoms with Crippen LogP contribution in [0.5, 0.6) is 0 Å². The predicted molar refractivity (Wildman–Crippen MR) is 127 cm³/mol. The second-order valence-corrected chi connectivity index (χ2v) is 11.9. The van der Waals surface area contributed by atoms with Gasteiger partial charge in [-0.15, -0.1) is 0 Å². The number of rotatable bonds is 18. The molecule has 190 valence electrons. The van der Waals surface area contributed by atoms with E-state index in [2.05, 4.69) is 27.7 Å². The molecule has 0 heterocycles. The van der Waals surface area contributed by atoms with E-state index in [0.717, 1.165) is 25.7 Å². The van der Waals surface area contributed by atoms with Gasteiger partial charge in [-0.1, -0.05) is 92.9 Å². The van der Waals surface area contributed by atoms with Crippen LogP contribution in [0.3, 0.4) is 0 Å². The second kappa shape index (κ2) is 14.2. The smallest absolute Gasteiger partial charge is 0.325 e. The SMILES string of the molecule is CCCC(CCC(C)C)CC(CC(CCC)CCC(C)C)(C(=O)O)C(C(=O)O)S(=O)(=O)O. The number of aliphatic carboxylic acids is 2. The van der Waals surface area contributed by atoms with Crippen LogP contribution >= 0.6 is 0 Å². The van der Waals surface area contributed by atoms with E-state index in [0.29, 0.717) is 37.5 Å². The molecule has 0 saturated heterocycles. The number of hydrogen-bond acceptors (Lipinski definition) is 4. The van der Waals surface area contributed by atoms with E-state index in [9.17, 15) is 32.8 Å². The Morgan fingerprint density at radius 2 is 1.12 bits per heavy atom. The topological polar surface area (TPSA) is 129 Å². The second-order valence-electron chi connectivity index (χ2n) is 10.4. The lowest BCUT2D eigenvalue weighted by atomic mass is 9.67. The maximum absolute atomic E-state index is 12.7. The van der Waals surface area contributed by atoms with Crippen molar-refractivity contribution in [3.05, 3.63) is 0 Å². The van der Waals surface area contributed by atoms with Crippen LogP contribution in [0.15, 0.2) is 0 Å². The van der Waals surface area contributed by atoms with Gasteiger partial charge in [0.05, 0.1) is 5.41 Å². The maximum Gasteiger partial charge on any atom is 0.325 e. The van der Waals surface area contributed by atoms with E-state index in [-0.39, 0.29) is 24.7 Å². The molecule has 0 saturated carbocycles. The molecule has 0 aromatic heterocycles. The summed E-state index contributed by atoms with van der Waals surface area (Å²) in [5, 5.41) is 17.8. The third kappa shape index (κ3) is 10.2. The van der Waals surface area contributed by atoms with Crippen LogP contribution in [0, 0.1) is 29.1 Å². The molecule has 0 bridgehead atoms. The minimum Gasteiger partial charge on any atom is -0.481 e. The molecule has 0 radical (unpaired) electrons. The molecule has 3 N–H and O–H groups in total. The summed E-state index contributed by atoms with van der Waals surface area (Å²) in [5.74, 6) is -2.72. The summed E-state index contributed by atoms with van der Waals surface area (Å²) >= 11 is 0. The minimum absolute atomic E-state index is 0.0679. The van der Waals surface area contributed by atoms with E-state index in [1.54, 1.807) is 0 Å². The summed E-state index contributed by atoms with van der Waals surface area (Å²) in [6, 6.07) is 0. The van der Waals surface area contributed by atoms with E-state index in [1.807, 2.05) is 13.8 Å². The summed E-state index contributed by atoms with van der Waals surface area (Å²) in [5.41, 5.74) is -2.08. The van der Waals surface area contributed by atoms with Crippen LogP contribution in [0.1, 0.15) is 106 Å². The molecule has 0 rings (SSSR count). The minimum atomic E-state index is -5.13. The largest absolute Gasteiger partial charge is 0.481 e. The van der Waals surface area contributed by atoms with Gasteiger partial charge in [0.15, 0.2) is 5.25 Å². The molecule has 32 heavy (non-hydrogen) atoms. The molecule has 8 heteroatoms. The fourth-order valence-electron chi connectivity index (χ4n) is 4.91.